The van der Waals surface area contributed by atoms with Crippen LogP contribution in [0.4, 0.5) is 0 Å². The molecule has 3 rings (SSSR count). The van der Waals surface area contributed by atoms with Gasteiger partial charge in [0, 0.05) is 19.6 Å². The van der Waals surface area contributed by atoms with Crippen LogP contribution in [0.2, 0.25) is 0 Å². The molecule has 96 valence electrons. The Hall–Kier alpha value is -1.62. The van der Waals surface area contributed by atoms with Crippen LogP contribution in [0.5, 0.6) is 0 Å². The zero-order valence-electron chi connectivity index (χ0n) is 10.5. The Morgan fingerprint density at radius 3 is 2.89 bits per heavy atom. The summed E-state index contributed by atoms with van der Waals surface area (Å²) >= 11 is 0. The second-order valence-corrected chi connectivity index (χ2v) is 5.00. The van der Waals surface area contributed by atoms with E-state index in [-0.39, 0.29) is 12.1 Å². The van der Waals surface area contributed by atoms with E-state index < -0.39 is 0 Å². The average molecular weight is 248 g/mol. The van der Waals surface area contributed by atoms with Gasteiger partial charge in [-0.3, -0.25) is 4.90 Å². The van der Waals surface area contributed by atoms with Gasteiger partial charge in [-0.25, -0.2) is 0 Å². The predicted octanol–water partition coefficient (Wildman–Crippen LogP) is 1.20. The van der Waals surface area contributed by atoms with Crippen LogP contribution in [0, 0.1) is 4.91 Å². The lowest BCUT2D eigenvalue weighted by molar-refractivity contribution is -0.888. The van der Waals surface area contributed by atoms with E-state index in [1.807, 2.05) is 13.0 Å². The molecular weight excluding hydrogens is 230 g/mol. The monoisotopic (exact) mass is 248 g/mol. The number of hydrogen-bond acceptors (Lipinski definition) is 3. The van der Waals surface area contributed by atoms with E-state index in [1.165, 1.54) is 5.56 Å². The quantitative estimate of drug-likeness (QED) is 0.788. The maximum Gasteiger partial charge on any atom is 0.360 e. The Kier molecular flexibility index (Phi) is 2.91. The zero-order chi connectivity index (χ0) is 12.5. The lowest BCUT2D eigenvalue weighted by atomic mass is 10.1. The molecule has 0 saturated carbocycles. The minimum Gasteiger partial charge on any atom is -0.295 e. The third kappa shape index (κ3) is 2.06. The summed E-state index contributed by atoms with van der Waals surface area (Å²) in [7, 11) is 0. The Labute approximate surface area is 106 Å². The molecule has 0 aliphatic carbocycles. The van der Waals surface area contributed by atoms with Crippen molar-refractivity contribution in [3.05, 3.63) is 40.8 Å². The number of rotatable bonds is 2. The van der Waals surface area contributed by atoms with Crippen LogP contribution >= 0.6 is 0 Å². The Bertz CT molecular complexity index is 437. The highest BCUT2D eigenvalue weighted by Gasteiger charge is 2.50. The summed E-state index contributed by atoms with van der Waals surface area (Å²) in [5, 5.41) is 2.45. The highest BCUT2D eigenvalue weighted by molar-refractivity contribution is 5.14. The number of piperazine rings is 1. The number of fused-ring (bicyclic) bond motifs is 1. The number of hydrogen-bond donors (Lipinski definition) is 0. The van der Waals surface area contributed by atoms with Crippen LogP contribution in [-0.4, -0.2) is 46.7 Å². The summed E-state index contributed by atoms with van der Waals surface area (Å²) in [4.78, 5) is 19.1. The fraction of sp³-hybridized carbons (Fsp3) is 0.538. The molecule has 0 spiro atoms. The molecule has 2 atom stereocenters. The number of nitrogens with zero attached hydrogens (tertiary/aromatic N) is 3. The molecule has 2 aliphatic heterocycles. The van der Waals surface area contributed by atoms with Gasteiger partial charge in [0.15, 0.2) is 0 Å². The van der Waals surface area contributed by atoms with E-state index in [1.54, 1.807) is 5.01 Å². The van der Waals surface area contributed by atoms with Crippen LogP contribution in [0.25, 0.3) is 0 Å². The molecule has 18 heavy (non-hydrogen) atoms. The van der Waals surface area contributed by atoms with E-state index in [9.17, 15) is 4.91 Å². The van der Waals surface area contributed by atoms with Gasteiger partial charge in [-0.2, -0.15) is 4.84 Å². The summed E-state index contributed by atoms with van der Waals surface area (Å²) in [6.07, 6.45) is -0.0268. The third-order valence-corrected chi connectivity index (χ3v) is 3.73. The maximum absolute atomic E-state index is 11.5. The van der Waals surface area contributed by atoms with Gasteiger partial charge in [-0.15, -0.1) is 0 Å². The van der Waals surface area contributed by atoms with E-state index in [0.717, 1.165) is 26.2 Å². The van der Waals surface area contributed by atoms with Crippen molar-refractivity contribution in [3.63, 3.8) is 0 Å². The maximum atomic E-state index is 11.5. The molecule has 1 aromatic carbocycles. The van der Waals surface area contributed by atoms with Gasteiger partial charge in [0.05, 0.1) is 6.54 Å². The average Bonchev–Trinajstić information content (AvgIpc) is 2.66. The molecule has 5 nitrogen and oxygen atoms in total. The Morgan fingerprint density at radius 2 is 2.11 bits per heavy atom. The van der Waals surface area contributed by atoms with Gasteiger partial charge in [-0.05, 0) is 12.5 Å². The van der Waals surface area contributed by atoms with Crippen LogP contribution in [0.3, 0.4) is 0 Å². The lowest BCUT2D eigenvalue weighted by Crippen LogP contribution is -2.53. The van der Waals surface area contributed by atoms with Crippen molar-refractivity contribution >= 4 is 0 Å². The molecule has 2 aliphatic rings. The summed E-state index contributed by atoms with van der Waals surface area (Å²) < 4.78 is 0. The van der Waals surface area contributed by atoms with Crippen molar-refractivity contribution < 1.29 is 9.87 Å². The van der Waals surface area contributed by atoms with Crippen LogP contribution in [-0.2, 0) is 11.4 Å². The van der Waals surface area contributed by atoms with Crippen LogP contribution in [0.15, 0.2) is 30.3 Å². The first kappa shape index (κ1) is 11.5. The van der Waals surface area contributed by atoms with Crippen molar-refractivity contribution in [2.24, 2.45) is 0 Å². The van der Waals surface area contributed by atoms with Crippen molar-refractivity contribution in [1.82, 2.24) is 9.91 Å². The molecule has 2 fully saturated rings. The number of benzene rings is 1. The van der Waals surface area contributed by atoms with Gasteiger partial charge < -0.3 is 0 Å². The third-order valence-electron chi connectivity index (χ3n) is 3.73. The topological polar surface area (TPSA) is 35.8 Å². The van der Waals surface area contributed by atoms with E-state index >= 15 is 0 Å². The van der Waals surface area contributed by atoms with E-state index in [4.69, 9.17) is 4.84 Å². The Balaban J connectivity index is 1.66. The standard InChI is InChI=1S/C13H18N3O2/c1-11-13-10-14(7-8-15(13)16(17)18-11)9-12-5-3-2-4-6-12/h2-6,11,13H,7-10H2,1H3/q+1/t11?,13-/m0/s1. The second kappa shape index (κ2) is 4.57. The van der Waals surface area contributed by atoms with Crippen molar-refractivity contribution in [2.75, 3.05) is 19.6 Å². The molecule has 0 radical (unpaired) electrons. The highest BCUT2D eigenvalue weighted by atomic mass is 16.8. The van der Waals surface area contributed by atoms with Crippen molar-refractivity contribution in [1.29, 1.82) is 0 Å². The van der Waals surface area contributed by atoms with E-state index in [2.05, 4.69) is 29.2 Å². The molecule has 0 amide bonds. The smallest absolute Gasteiger partial charge is 0.295 e. The number of hydrazine groups is 1. The second-order valence-electron chi connectivity index (χ2n) is 5.00. The fourth-order valence-corrected chi connectivity index (χ4v) is 2.71. The molecule has 0 aromatic heterocycles. The summed E-state index contributed by atoms with van der Waals surface area (Å²) in [6, 6.07) is 10.6. The van der Waals surface area contributed by atoms with Gasteiger partial charge in [0.1, 0.15) is 10.9 Å². The molecule has 0 N–H and O–H groups in total. The minimum atomic E-state index is -0.0268. The fourth-order valence-electron chi connectivity index (χ4n) is 2.71. The summed E-state index contributed by atoms with van der Waals surface area (Å²) in [5.41, 5.74) is 1.32. The molecule has 1 aromatic rings. The van der Waals surface area contributed by atoms with E-state index in [0.29, 0.717) is 5.03 Å². The summed E-state index contributed by atoms with van der Waals surface area (Å²) in [6.45, 7) is 5.43. The lowest BCUT2D eigenvalue weighted by Gasteiger charge is -2.31. The molecule has 2 saturated heterocycles. The molecular formula is C13H18N3O2+. The minimum absolute atomic E-state index is 0.0268. The molecule has 1 unspecified atom stereocenters. The van der Waals surface area contributed by atoms with Crippen LogP contribution < -0.4 is 0 Å². The van der Waals surface area contributed by atoms with Crippen LogP contribution in [0.1, 0.15) is 12.5 Å². The van der Waals surface area contributed by atoms with Crippen molar-refractivity contribution in [3.8, 4) is 0 Å². The van der Waals surface area contributed by atoms with Gasteiger partial charge in [0.2, 0.25) is 6.10 Å². The van der Waals surface area contributed by atoms with Crippen molar-refractivity contribution in [2.45, 2.75) is 25.6 Å². The predicted molar refractivity (Wildman–Crippen MR) is 66.4 cm³/mol. The highest BCUT2D eigenvalue weighted by Crippen LogP contribution is 2.23. The Morgan fingerprint density at radius 1 is 1.33 bits per heavy atom. The normalized spacial score (nSPS) is 28.1. The largest absolute Gasteiger partial charge is 0.360 e. The summed E-state index contributed by atoms with van der Waals surface area (Å²) in [5.74, 6) is 0. The van der Waals surface area contributed by atoms with Gasteiger partial charge in [0.25, 0.3) is 0 Å². The molecule has 5 heteroatoms. The molecule has 0 bridgehead atoms. The first-order valence-electron chi connectivity index (χ1n) is 6.41. The molecule has 2 heterocycles. The SMILES string of the molecule is CC1O[N+](=O)N2CCN(Cc3ccccc3)C[C@@H]12. The zero-order valence-corrected chi connectivity index (χ0v) is 10.5. The first-order valence-corrected chi connectivity index (χ1v) is 6.41. The first-order chi connectivity index (χ1) is 8.74. The van der Waals surface area contributed by atoms with Gasteiger partial charge in [-0.1, -0.05) is 35.3 Å². The van der Waals surface area contributed by atoms with Gasteiger partial charge >= 0.3 is 5.03 Å².